The van der Waals surface area contributed by atoms with Gasteiger partial charge in [0, 0.05) is 28.8 Å². The van der Waals surface area contributed by atoms with Gasteiger partial charge in [0.15, 0.2) is 11.5 Å². The Morgan fingerprint density at radius 1 is 0.884 bits per heavy atom. The summed E-state index contributed by atoms with van der Waals surface area (Å²) in [6.07, 6.45) is 7.00. The lowest BCUT2D eigenvalue weighted by Gasteiger charge is -2.34. The standard InChI is InChI=1S/C34H39N3O6/c1-40-26-16-14-25(15-17-26)37(31(38)20-23-21-35-28-13-9-8-12-27(23)28)32(34(39)36-24-10-6-5-7-11-24)22-18-29(41-2)33(43-4)30(19-22)42-3/h8-9,12-19,21,24,32,35H,5-7,10-11,20H2,1-4H3,(H,36,39). The number of methoxy groups -OCH3 is 4. The van der Waals surface area contributed by atoms with Crippen LogP contribution in [-0.4, -0.2) is 51.3 Å². The Balaban J connectivity index is 1.64. The highest BCUT2D eigenvalue weighted by Crippen LogP contribution is 2.42. The van der Waals surface area contributed by atoms with E-state index in [0.29, 0.717) is 34.2 Å². The van der Waals surface area contributed by atoms with E-state index in [2.05, 4.69) is 10.3 Å². The number of aromatic amines is 1. The molecule has 1 heterocycles. The van der Waals surface area contributed by atoms with Gasteiger partial charge in [0.05, 0.1) is 34.9 Å². The number of ether oxygens (including phenoxy) is 4. The van der Waals surface area contributed by atoms with Gasteiger partial charge >= 0.3 is 0 Å². The predicted octanol–water partition coefficient (Wildman–Crippen LogP) is 5.97. The number of hydrogen-bond donors (Lipinski definition) is 2. The summed E-state index contributed by atoms with van der Waals surface area (Å²) in [6, 6.07) is 17.5. The van der Waals surface area contributed by atoms with Gasteiger partial charge in [-0.2, -0.15) is 0 Å². The van der Waals surface area contributed by atoms with Crippen LogP contribution >= 0.6 is 0 Å². The number of carbonyl (C=O) groups excluding carboxylic acids is 2. The minimum Gasteiger partial charge on any atom is -0.497 e. The zero-order chi connectivity index (χ0) is 30.3. The van der Waals surface area contributed by atoms with Gasteiger partial charge < -0.3 is 29.2 Å². The number of rotatable bonds is 11. The Hall–Kier alpha value is -4.66. The molecule has 5 rings (SSSR count). The number of carbonyl (C=O) groups is 2. The first kappa shape index (κ1) is 29.8. The van der Waals surface area contributed by atoms with Crippen molar-refractivity contribution >= 4 is 28.4 Å². The first-order valence-electron chi connectivity index (χ1n) is 14.6. The molecule has 1 unspecified atom stereocenters. The number of hydrogen-bond acceptors (Lipinski definition) is 6. The molecular formula is C34H39N3O6. The van der Waals surface area contributed by atoms with Crippen LogP contribution in [0.15, 0.2) is 66.9 Å². The van der Waals surface area contributed by atoms with Gasteiger partial charge in [-0.25, -0.2) is 0 Å². The molecular weight excluding hydrogens is 546 g/mol. The van der Waals surface area contributed by atoms with E-state index in [1.165, 1.54) is 21.3 Å². The minimum absolute atomic E-state index is 0.0345. The Bertz CT molecular complexity index is 1530. The van der Waals surface area contributed by atoms with Crippen molar-refractivity contribution in [1.29, 1.82) is 0 Å². The normalized spacial score (nSPS) is 14.1. The average molecular weight is 586 g/mol. The van der Waals surface area contributed by atoms with Gasteiger partial charge in [0.1, 0.15) is 11.8 Å². The number of fused-ring (bicyclic) bond motifs is 1. The maximum absolute atomic E-state index is 14.5. The zero-order valence-corrected chi connectivity index (χ0v) is 25.1. The Morgan fingerprint density at radius 3 is 2.19 bits per heavy atom. The van der Waals surface area contributed by atoms with E-state index >= 15 is 0 Å². The molecule has 0 spiro atoms. The summed E-state index contributed by atoms with van der Waals surface area (Å²) >= 11 is 0. The maximum atomic E-state index is 14.5. The smallest absolute Gasteiger partial charge is 0.248 e. The summed E-state index contributed by atoms with van der Waals surface area (Å²) < 4.78 is 22.2. The molecule has 2 N–H and O–H groups in total. The second-order valence-electron chi connectivity index (χ2n) is 10.7. The van der Waals surface area contributed by atoms with E-state index < -0.39 is 6.04 Å². The predicted molar refractivity (Wildman–Crippen MR) is 166 cm³/mol. The van der Waals surface area contributed by atoms with Gasteiger partial charge in [-0.15, -0.1) is 0 Å². The molecule has 1 saturated carbocycles. The third-order valence-corrected chi connectivity index (χ3v) is 8.10. The highest BCUT2D eigenvalue weighted by atomic mass is 16.5. The second kappa shape index (κ2) is 13.5. The number of anilines is 1. The van der Waals surface area contributed by atoms with Crippen molar-refractivity contribution in [3.63, 3.8) is 0 Å². The molecule has 1 aliphatic rings. The largest absolute Gasteiger partial charge is 0.497 e. The van der Waals surface area contributed by atoms with Gasteiger partial charge in [-0.05, 0) is 66.4 Å². The van der Waals surface area contributed by atoms with Crippen LogP contribution in [0.3, 0.4) is 0 Å². The van der Waals surface area contributed by atoms with Gasteiger partial charge in [0.2, 0.25) is 17.6 Å². The zero-order valence-electron chi connectivity index (χ0n) is 25.1. The van der Waals surface area contributed by atoms with Crippen molar-refractivity contribution in [2.75, 3.05) is 33.3 Å². The molecule has 9 heteroatoms. The van der Waals surface area contributed by atoms with Crippen LogP contribution in [0.4, 0.5) is 5.69 Å². The molecule has 1 fully saturated rings. The molecule has 1 atom stereocenters. The fourth-order valence-corrected chi connectivity index (χ4v) is 5.91. The van der Waals surface area contributed by atoms with Gasteiger partial charge in [0.25, 0.3) is 0 Å². The summed E-state index contributed by atoms with van der Waals surface area (Å²) in [5.74, 6) is 1.32. The van der Waals surface area contributed by atoms with Crippen LogP contribution in [-0.2, 0) is 16.0 Å². The SMILES string of the molecule is COc1ccc(N(C(=O)Cc2c[nH]c3ccccc23)C(C(=O)NC2CCCCC2)c2cc(OC)c(OC)c(OC)c2)cc1. The lowest BCUT2D eigenvalue weighted by molar-refractivity contribution is -0.127. The molecule has 0 aliphatic heterocycles. The highest BCUT2D eigenvalue weighted by molar-refractivity contribution is 6.03. The Morgan fingerprint density at radius 2 is 1.56 bits per heavy atom. The number of amides is 2. The molecule has 9 nitrogen and oxygen atoms in total. The molecule has 0 radical (unpaired) electrons. The summed E-state index contributed by atoms with van der Waals surface area (Å²) in [4.78, 5) is 33.7. The highest BCUT2D eigenvalue weighted by Gasteiger charge is 2.36. The van der Waals surface area contributed by atoms with Crippen molar-refractivity contribution < 1.29 is 28.5 Å². The topological polar surface area (TPSA) is 102 Å². The first-order chi connectivity index (χ1) is 21.0. The number of para-hydroxylation sites is 1. The van der Waals surface area contributed by atoms with E-state index in [1.807, 2.05) is 30.5 Å². The van der Waals surface area contributed by atoms with Crippen LogP contribution in [0.1, 0.15) is 49.3 Å². The molecule has 43 heavy (non-hydrogen) atoms. The lowest BCUT2D eigenvalue weighted by atomic mass is 9.94. The third-order valence-electron chi connectivity index (χ3n) is 8.10. The summed E-state index contributed by atoms with van der Waals surface area (Å²) in [6.45, 7) is 0. The number of nitrogens with one attached hydrogen (secondary N) is 2. The number of nitrogens with zero attached hydrogens (tertiary/aromatic N) is 1. The summed E-state index contributed by atoms with van der Waals surface area (Å²) in [5, 5.41) is 4.22. The van der Waals surface area contributed by atoms with Crippen LogP contribution < -0.4 is 29.2 Å². The van der Waals surface area contributed by atoms with Gasteiger partial charge in [-0.1, -0.05) is 37.5 Å². The first-order valence-corrected chi connectivity index (χ1v) is 14.6. The molecule has 0 bridgehead atoms. The van der Waals surface area contributed by atoms with Gasteiger partial charge in [-0.3, -0.25) is 14.5 Å². The number of benzene rings is 3. The third kappa shape index (κ3) is 6.40. The quantitative estimate of drug-likeness (QED) is 0.225. The molecule has 1 aromatic heterocycles. The van der Waals surface area contributed by atoms with E-state index in [0.717, 1.165) is 48.6 Å². The van der Waals surface area contributed by atoms with E-state index in [-0.39, 0.29) is 24.3 Å². The molecule has 2 amide bonds. The summed E-state index contributed by atoms with van der Waals surface area (Å²) in [7, 11) is 6.18. The van der Waals surface area contributed by atoms with Crippen LogP contribution in [0, 0.1) is 0 Å². The van der Waals surface area contributed by atoms with Crippen molar-refractivity contribution in [2.24, 2.45) is 0 Å². The van der Waals surface area contributed by atoms with E-state index in [1.54, 1.807) is 48.4 Å². The van der Waals surface area contributed by atoms with Crippen molar-refractivity contribution in [2.45, 2.75) is 50.6 Å². The second-order valence-corrected chi connectivity index (χ2v) is 10.7. The molecule has 0 saturated heterocycles. The maximum Gasteiger partial charge on any atom is 0.248 e. The van der Waals surface area contributed by atoms with Crippen molar-refractivity contribution in [1.82, 2.24) is 10.3 Å². The minimum atomic E-state index is -1.03. The monoisotopic (exact) mass is 585 g/mol. The fraction of sp³-hybridized carbons (Fsp3) is 0.353. The number of H-pyrrole nitrogens is 1. The Kier molecular flexibility index (Phi) is 9.39. The molecule has 4 aromatic rings. The van der Waals surface area contributed by atoms with Crippen LogP contribution in [0.25, 0.3) is 10.9 Å². The van der Waals surface area contributed by atoms with Crippen LogP contribution in [0.5, 0.6) is 23.0 Å². The molecule has 3 aromatic carbocycles. The molecule has 226 valence electrons. The lowest BCUT2D eigenvalue weighted by Crippen LogP contribution is -2.47. The molecule has 1 aliphatic carbocycles. The average Bonchev–Trinajstić information content (AvgIpc) is 3.45. The van der Waals surface area contributed by atoms with Crippen molar-refractivity contribution in [3.05, 3.63) is 78.0 Å². The van der Waals surface area contributed by atoms with E-state index in [4.69, 9.17) is 18.9 Å². The van der Waals surface area contributed by atoms with Crippen molar-refractivity contribution in [3.8, 4) is 23.0 Å². The van der Waals surface area contributed by atoms with E-state index in [9.17, 15) is 9.59 Å². The van der Waals surface area contributed by atoms with Crippen LogP contribution in [0.2, 0.25) is 0 Å². The Labute approximate surface area is 252 Å². The fourth-order valence-electron chi connectivity index (χ4n) is 5.91. The number of aromatic nitrogens is 1. The summed E-state index contributed by atoms with van der Waals surface area (Å²) in [5.41, 5.74) is 2.88.